The molecule has 0 spiro atoms. The molecular formula is C23H21ClFNO3. The van der Waals surface area contributed by atoms with Gasteiger partial charge in [-0.3, -0.25) is 4.79 Å². The van der Waals surface area contributed by atoms with Crippen LogP contribution in [0.3, 0.4) is 0 Å². The van der Waals surface area contributed by atoms with Gasteiger partial charge in [0.2, 0.25) is 5.91 Å². The largest absolute Gasteiger partial charge is 0.496 e. The van der Waals surface area contributed by atoms with Gasteiger partial charge in [-0.2, -0.15) is 0 Å². The van der Waals surface area contributed by atoms with E-state index in [9.17, 15) is 9.90 Å². The van der Waals surface area contributed by atoms with Gasteiger partial charge in [0.05, 0.1) is 12.7 Å². The molecule has 0 radical (unpaired) electrons. The molecule has 3 aromatic carbocycles. The second-order valence-corrected chi connectivity index (χ2v) is 7.28. The quantitative estimate of drug-likeness (QED) is 0.591. The van der Waals surface area contributed by atoms with Crippen LogP contribution in [0.5, 0.6) is 5.75 Å². The molecular weight excluding hydrogens is 393 g/mol. The third-order valence-electron chi connectivity index (χ3n) is 4.73. The van der Waals surface area contributed by atoms with Crippen LogP contribution < -0.4 is 10.1 Å². The Morgan fingerprint density at radius 1 is 1.14 bits per heavy atom. The van der Waals surface area contributed by atoms with Crippen molar-refractivity contribution in [2.45, 2.75) is 19.4 Å². The first-order valence-electron chi connectivity index (χ1n) is 8.97. The Bertz CT molecular complexity index is 1050. The van der Waals surface area contributed by atoms with Crippen molar-refractivity contribution in [2.75, 3.05) is 12.4 Å². The Morgan fingerprint density at radius 3 is 2.41 bits per heavy atom. The molecule has 4 nitrogen and oxygen atoms in total. The molecule has 0 fully saturated rings. The number of halogens is 2. The number of anilines is 1. The van der Waals surface area contributed by atoms with Crippen molar-refractivity contribution >= 4 is 23.2 Å². The fourth-order valence-corrected chi connectivity index (χ4v) is 3.44. The molecule has 0 saturated carbocycles. The zero-order valence-corrected chi connectivity index (χ0v) is 17.0. The van der Waals surface area contributed by atoms with Crippen LogP contribution in [0.2, 0.25) is 5.02 Å². The van der Waals surface area contributed by atoms with Crippen molar-refractivity contribution in [3.05, 3.63) is 82.6 Å². The molecule has 0 saturated heterocycles. The SMILES string of the molecule is COc1ccc([C@](C)(O)c2ccc(NC(C)=O)cc2)c(F)c1-c1cccc(Cl)c1. The van der Waals surface area contributed by atoms with Gasteiger partial charge in [0.25, 0.3) is 0 Å². The summed E-state index contributed by atoms with van der Waals surface area (Å²) in [6.45, 7) is 2.93. The Hall–Kier alpha value is -2.89. The number of ether oxygens (including phenoxy) is 1. The first kappa shape index (κ1) is 20.8. The maximum Gasteiger partial charge on any atom is 0.221 e. The molecule has 0 aliphatic carbocycles. The summed E-state index contributed by atoms with van der Waals surface area (Å²) in [5, 5.41) is 14.3. The summed E-state index contributed by atoms with van der Waals surface area (Å²) in [5.74, 6) is -0.454. The molecule has 1 amide bonds. The van der Waals surface area contributed by atoms with Crippen LogP contribution in [0.4, 0.5) is 10.1 Å². The minimum atomic E-state index is -1.61. The van der Waals surface area contributed by atoms with Crippen LogP contribution in [0, 0.1) is 5.82 Å². The first-order valence-corrected chi connectivity index (χ1v) is 9.35. The van der Waals surface area contributed by atoms with Crippen molar-refractivity contribution in [2.24, 2.45) is 0 Å². The lowest BCUT2D eigenvalue weighted by molar-refractivity contribution is -0.114. The topological polar surface area (TPSA) is 58.6 Å². The normalized spacial score (nSPS) is 12.9. The van der Waals surface area contributed by atoms with Crippen LogP contribution in [-0.4, -0.2) is 18.1 Å². The van der Waals surface area contributed by atoms with Crippen LogP contribution >= 0.6 is 11.6 Å². The first-order chi connectivity index (χ1) is 13.7. The van der Waals surface area contributed by atoms with Gasteiger partial charge in [0.1, 0.15) is 17.2 Å². The lowest BCUT2D eigenvalue weighted by Gasteiger charge is -2.27. The summed E-state index contributed by atoms with van der Waals surface area (Å²) in [6, 6.07) is 16.5. The molecule has 0 heterocycles. The van der Waals surface area contributed by atoms with Crippen LogP contribution in [0.1, 0.15) is 25.0 Å². The summed E-state index contributed by atoms with van der Waals surface area (Å²) in [6.07, 6.45) is 0. The number of amides is 1. The number of rotatable bonds is 5. The maximum atomic E-state index is 15.6. The van der Waals surface area contributed by atoms with Crippen molar-refractivity contribution in [1.29, 1.82) is 0 Å². The van der Waals surface area contributed by atoms with E-state index in [-0.39, 0.29) is 17.0 Å². The molecule has 29 heavy (non-hydrogen) atoms. The highest BCUT2D eigenvalue weighted by molar-refractivity contribution is 6.30. The minimum absolute atomic E-state index is 0.0977. The molecule has 3 rings (SSSR count). The molecule has 2 N–H and O–H groups in total. The average molecular weight is 414 g/mol. The number of benzene rings is 3. The third-order valence-corrected chi connectivity index (χ3v) is 4.96. The summed E-state index contributed by atoms with van der Waals surface area (Å²) >= 11 is 6.08. The molecule has 1 atom stereocenters. The van der Waals surface area contributed by atoms with Gasteiger partial charge < -0.3 is 15.2 Å². The maximum absolute atomic E-state index is 15.6. The number of hydrogen-bond acceptors (Lipinski definition) is 3. The highest BCUT2D eigenvalue weighted by atomic mass is 35.5. The third kappa shape index (κ3) is 4.26. The van der Waals surface area contributed by atoms with Gasteiger partial charge in [-0.15, -0.1) is 0 Å². The van der Waals surface area contributed by atoms with E-state index in [1.165, 1.54) is 27.0 Å². The zero-order valence-electron chi connectivity index (χ0n) is 16.3. The van der Waals surface area contributed by atoms with Gasteiger partial charge in [-0.25, -0.2) is 4.39 Å². The number of carbonyl (C=O) groups excluding carboxylic acids is 1. The predicted octanol–water partition coefficient (Wildman–Crippen LogP) is 5.37. The number of nitrogens with one attached hydrogen (secondary N) is 1. The standard InChI is InChI=1S/C23H21ClFNO3/c1-14(27)26-18-9-7-16(8-10-18)23(2,28)19-11-12-20(29-3)21(22(19)25)15-5-4-6-17(24)13-15/h4-13,28H,1-3H3,(H,26,27)/t23-/m1/s1. The van der Waals surface area contributed by atoms with Crippen molar-refractivity contribution in [1.82, 2.24) is 0 Å². The summed E-state index contributed by atoms with van der Waals surface area (Å²) in [4.78, 5) is 11.2. The second kappa shape index (κ2) is 8.23. The van der Waals surface area contributed by atoms with Crippen molar-refractivity contribution in [3.8, 4) is 16.9 Å². The predicted molar refractivity (Wildman–Crippen MR) is 113 cm³/mol. The minimum Gasteiger partial charge on any atom is -0.496 e. The van der Waals surface area contributed by atoms with Gasteiger partial charge in [-0.1, -0.05) is 35.9 Å². The van der Waals surface area contributed by atoms with E-state index in [4.69, 9.17) is 16.3 Å². The van der Waals surface area contributed by atoms with Crippen LogP contribution in [-0.2, 0) is 10.4 Å². The van der Waals surface area contributed by atoms with Gasteiger partial charge >= 0.3 is 0 Å². The number of hydrogen-bond donors (Lipinski definition) is 2. The molecule has 3 aromatic rings. The molecule has 6 heteroatoms. The molecule has 150 valence electrons. The highest BCUT2D eigenvalue weighted by Crippen LogP contribution is 2.40. The lowest BCUT2D eigenvalue weighted by atomic mass is 9.85. The van der Waals surface area contributed by atoms with E-state index < -0.39 is 11.4 Å². The monoisotopic (exact) mass is 413 g/mol. The van der Waals surface area contributed by atoms with E-state index in [0.29, 0.717) is 27.6 Å². The Balaban J connectivity index is 2.10. The van der Waals surface area contributed by atoms with E-state index in [2.05, 4.69) is 5.32 Å². The van der Waals surface area contributed by atoms with Crippen LogP contribution in [0.15, 0.2) is 60.7 Å². The molecule has 0 bridgehead atoms. The highest BCUT2D eigenvalue weighted by Gasteiger charge is 2.31. The van der Waals surface area contributed by atoms with E-state index in [1.54, 1.807) is 54.6 Å². The average Bonchev–Trinajstić information content (AvgIpc) is 2.67. The Labute approximate surface area is 173 Å². The Kier molecular flexibility index (Phi) is 5.91. The zero-order chi connectivity index (χ0) is 21.2. The van der Waals surface area contributed by atoms with Crippen molar-refractivity contribution < 1.29 is 19.0 Å². The van der Waals surface area contributed by atoms with Gasteiger partial charge in [-0.05, 0) is 54.4 Å². The number of methoxy groups -OCH3 is 1. The lowest BCUT2D eigenvalue weighted by Crippen LogP contribution is -2.24. The van der Waals surface area contributed by atoms with Crippen LogP contribution in [0.25, 0.3) is 11.1 Å². The molecule has 0 unspecified atom stereocenters. The Morgan fingerprint density at radius 2 is 1.83 bits per heavy atom. The molecule has 0 aliphatic rings. The van der Waals surface area contributed by atoms with Gasteiger partial charge in [0.15, 0.2) is 0 Å². The molecule has 0 aromatic heterocycles. The second-order valence-electron chi connectivity index (χ2n) is 6.85. The van der Waals surface area contributed by atoms with E-state index >= 15 is 4.39 Å². The smallest absolute Gasteiger partial charge is 0.221 e. The fourth-order valence-electron chi connectivity index (χ4n) is 3.25. The molecule has 0 aliphatic heterocycles. The summed E-state index contributed by atoms with van der Waals surface area (Å²) < 4.78 is 21.0. The number of carbonyl (C=O) groups is 1. The fraction of sp³-hybridized carbons (Fsp3) is 0.174. The van der Waals surface area contributed by atoms with E-state index in [1.807, 2.05) is 0 Å². The summed E-state index contributed by atoms with van der Waals surface area (Å²) in [5.41, 5.74) is 0.326. The summed E-state index contributed by atoms with van der Waals surface area (Å²) in [7, 11) is 1.46. The van der Waals surface area contributed by atoms with E-state index in [0.717, 1.165) is 0 Å². The number of aliphatic hydroxyl groups is 1. The van der Waals surface area contributed by atoms with Gasteiger partial charge in [0, 0.05) is 23.2 Å². The van der Waals surface area contributed by atoms with Crippen molar-refractivity contribution in [3.63, 3.8) is 0 Å².